The summed E-state index contributed by atoms with van der Waals surface area (Å²) in [7, 11) is 3.05. The summed E-state index contributed by atoms with van der Waals surface area (Å²) in [5.41, 5.74) is 1.16. The average Bonchev–Trinajstić information content (AvgIpc) is 2.61. The molecule has 5 heteroatoms. The summed E-state index contributed by atoms with van der Waals surface area (Å²) < 4.78 is 10.3. The molecule has 2 atom stereocenters. The zero-order valence-electron chi connectivity index (χ0n) is 13.4. The van der Waals surface area contributed by atoms with Crippen molar-refractivity contribution in [2.75, 3.05) is 14.2 Å². The predicted molar refractivity (Wildman–Crippen MR) is 87.9 cm³/mol. The number of carbonyl (C=O) groups excluding carboxylic acids is 1. The molecule has 2 rings (SSSR count). The van der Waals surface area contributed by atoms with Crippen molar-refractivity contribution in [1.29, 1.82) is 0 Å². The molecule has 2 N–H and O–H groups in total. The number of hydrogen-bond acceptors (Lipinski definition) is 4. The van der Waals surface area contributed by atoms with E-state index in [1.54, 1.807) is 25.1 Å². The van der Waals surface area contributed by atoms with E-state index in [4.69, 9.17) is 9.47 Å². The fourth-order valence-electron chi connectivity index (χ4n) is 2.25. The van der Waals surface area contributed by atoms with Crippen LogP contribution in [0.2, 0.25) is 0 Å². The number of nitrogens with one attached hydrogen (secondary N) is 1. The van der Waals surface area contributed by atoms with Gasteiger partial charge in [-0.05, 0) is 24.6 Å². The third kappa shape index (κ3) is 4.23. The van der Waals surface area contributed by atoms with E-state index in [2.05, 4.69) is 5.32 Å². The molecule has 0 bridgehead atoms. The lowest BCUT2D eigenvalue weighted by Crippen LogP contribution is -2.37. The molecular formula is C18H21NO4. The number of hydrogen-bond donors (Lipinski definition) is 2. The van der Waals surface area contributed by atoms with Gasteiger partial charge < -0.3 is 19.9 Å². The first kappa shape index (κ1) is 16.8. The Kier molecular flexibility index (Phi) is 5.60. The first-order valence-corrected chi connectivity index (χ1v) is 7.32. The maximum Gasteiger partial charge on any atom is 0.251 e. The van der Waals surface area contributed by atoms with Gasteiger partial charge in [-0.1, -0.05) is 30.3 Å². The highest BCUT2D eigenvalue weighted by atomic mass is 16.5. The van der Waals surface area contributed by atoms with Crippen molar-refractivity contribution in [2.24, 2.45) is 0 Å². The molecule has 0 saturated heterocycles. The lowest BCUT2D eigenvalue weighted by molar-refractivity contribution is 0.0851. The van der Waals surface area contributed by atoms with Gasteiger partial charge in [0.2, 0.25) is 0 Å². The van der Waals surface area contributed by atoms with Crippen LogP contribution >= 0.6 is 0 Å². The molecule has 0 spiro atoms. The largest absolute Gasteiger partial charge is 0.497 e. The van der Waals surface area contributed by atoms with Crippen LogP contribution in [0.3, 0.4) is 0 Å². The van der Waals surface area contributed by atoms with Gasteiger partial charge in [0.05, 0.1) is 26.4 Å². The van der Waals surface area contributed by atoms with Gasteiger partial charge in [0.1, 0.15) is 11.5 Å². The third-order valence-electron chi connectivity index (χ3n) is 3.59. The number of carbonyl (C=O) groups is 1. The Balaban J connectivity index is 2.12. The van der Waals surface area contributed by atoms with E-state index >= 15 is 0 Å². The molecule has 2 aromatic rings. The number of ether oxygens (including phenoxy) is 2. The summed E-state index contributed by atoms with van der Waals surface area (Å²) >= 11 is 0. The van der Waals surface area contributed by atoms with E-state index in [0.29, 0.717) is 17.1 Å². The van der Waals surface area contributed by atoms with Crippen LogP contribution in [-0.2, 0) is 0 Å². The van der Waals surface area contributed by atoms with Crippen LogP contribution < -0.4 is 14.8 Å². The van der Waals surface area contributed by atoms with Crippen LogP contribution in [0.25, 0.3) is 0 Å². The topological polar surface area (TPSA) is 67.8 Å². The van der Waals surface area contributed by atoms with Crippen LogP contribution in [0.15, 0.2) is 48.5 Å². The molecule has 0 aliphatic carbocycles. The molecule has 0 aliphatic rings. The summed E-state index contributed by atoms with van der Waals surface area (Å²) in [5.74, 6) is 0.765. The normalized spacial score (nSPS) is 13.0. The summed E-state index contributed by atoms with van der Waals surface area (Å²) in [6, 6.07) is 13.7. The van der Waals surface area contributed by atoms with Crippen molar-refractivity contribution in [2.45, 2.75) is 19.1 Å². The Hall–Kier alpha value is -2.53. The fraction of sp³-hybridized carbons (Fsp3) is 0.278. The molecule has 0 aliphatic heterocycles. The minimum Gasteiger partial charge on any atom is -0.497 e. The van der Waals surface area contributed by atoms with Crippen molar-refractivity contribution in [3.63, 3.8) is 0 Å². The molecule has 0 radical (unpaired) electrons. The minimum atomic E-state index is -0.785. The maximum atomic E-state index is 12.4. The lowest BCUT2D eigenvalue weighted by atomic mass is 10.0. The zero-order valence-corrected chi connectivity index (χ0v) is 13.4. The predicted octanol–water partition coefficient (Wildman–Crippen LogP) is 2.56. The van der Waals surface area contributed by atoms with Crippen LogP contribution in [0.4, 0.5) is 0 Å². The summed E-state index contributed by atoms with van der Waals surface area (Å²) in [4.78, 5) is 12.4. The van der Waals surface area contributed by atoms with E-state index in [9.17, 15) is 9.90 Å². The average molecular weight is 315 g/mol. The summed E-state index contributed by atoms with van der Waals surface area (Å²) in [6.07, 6.45) is -0.785. The van der Waals surface area contributed by atoms with Crippen LogP contribution in [0, 0.1) is 0 Å². The van der Waals surface area contributed by atoms with E-state index in [-0.39, 0.29) is 5.91 Å². The smallest absolute Gasteiger partial charge is 0.251 e. The second-order valence-corrected chi connectivity index (χ2v) is 5.22. The number of rotatable bonds is 6. The van der Waals surface area contributed by atoms with Crippen molar-refractivity contribution < 1.29 is 19.4 Å². The Morgan fingerprint density at radius 3 is 2.13 bits per heavy atom. The zero-order chi connectivity index (χ0) is 16.8. The van der Waals surface area contributed by atoms with Gasteiger partial charge in [0, 0.05) is 11.6 Å². The second-order valence-electron chi connectivity index (χ2n) is 5.22. The number of aliphatic hydroxyl groups excluding tert-OH is 1. The molecule has 23 heavy (non-hydrogen) atoms. The molecule has 0 heterocycles. The van der Waals surface area contributed by atoms with Crippen LogP contribution in [0.5, 0.6) is 11.5 Å². The Morgan fingerprint density at radius 1 is 1.04 bits per heavy atom. The standard InChI is InChI=1S/C18H21NO4/c1-12(17(20)13-7-5-4-6-8-13)19-18(21)14-9-15(22-2)11-16(10-14)23-3/h4-12,17,20H,1-3H3,(H,19,21). The first-order chi connectivity index (χ1) is 11.0. The molecule has 1 amide bonds. The highest BCUT2D eigenvalue weighted by Crippen LogP contribution is 2.23. The van der Waals surface area contributed by atoms with Crippen LogP contribution in [-0.4, -0.2) is 31.3 Å². The molecule has 2 unspecified atom stereocenters. The van der Waals surface area contributed by atoms with Crippen molar-refractivity contribution in [3.8, 4) is 11.5 Å². The highest BCUT2D eigenvalue weighted by Gasteiger charge is 2.19. The van der Waals surface area contributed by atoms with E-state index in [0.717, 1.165) is 5.56 Å². The van der Waals surface area contributed by atoms with Gasteiger partial charge in [-0.15, -0.1) is 0 Å². The van der Waals surface area contributed by atoms with Gasteiger partial charge in [-0.25, -0.2) is 0 Å². The Bertz CT molecular complexity index is 635. The first-order valence-electron chi connectivity index (χ1n) is 7.32. The monoisotopic (exact) mass is 315 g/mol. The van der Waals surface area contributed by atoms with Gasteiger partial charge in [0.15, 0.2) is 0 Å². The summed E-state index contributed by atoms with van der Waals surface area (Å²) in [5, 5.41) is 13.1. The fourth-order valence-corrected chi connectivity index (χ4v) is 2.25. The number of amides is 1. The molecule has 2 aromatic carbocycles. The SMILES string of the molecule is COc1cc(OC)cc(C(=O)NC(C)C(O)c2ccccc2)c1. The quantitative estimate of drug-likeness (QED) is 0.859. The number of benzene rings is 2. The molecular weight excluding hydrogens is 294 g/mol. The second kappa shape index (κ2) is 7.65. The lowest BCUT2D eigenvalue weighted by Gasteiger charge is -2.21. The molecule has 0 aromatic heterocycles. The van der Waals surface area contributed by atoms with E-state index in [1.807, 2.05) is 30.3 Å². The molecule has 5 nitrogen and oxygen atoms in total. The van der Waals surface area contributed by atoms with E-state index in [1.165, 1.54) is 14.2 Å². The number of aliphatic hydroxyl groups is 1. The van der Waals surface area contributed by atoms with Gasteiger partial charge in [0.25, 0.3) is 5.91 Å². The highest BCUT2D eigenvalue weighted by molar-refractivity contribution is 5.95. The third-order valence-corrected chi connectivity index (χ3v) is 3.59. The Labute approximate surface area is 135 Å². The Morgan fingerprint density at radius 2 is 1.61 bits per heavy atom. The van der Waals surface area contributed by atoms with Crippen molar-refractivity contribution in [1.82, 2.24) is 5.32 Å². The maximum absolute atomic E-state index is 12.4. The van der Waals surface area contributed by atoms with Gasteiger partial charge in [-0.2, -0.15) is 0 Å². The van der Waals surface area contributed by atoms with Crippen LogP contribution in [0.1, 0.15) is 28.9 Å². The van der Waals surface area contributed by atoms with Gasteiger partial charge >= 0.3 is 0 Å². The van der Waals surface area contributed by atoms with Crippen molar-refractivity contribution >= 4 is 5.91 Å². The number of methoxy groups -OCH3 is 2. The minimum absolute atomic E-state index is 0.301. The van der Waals surface area contributed by atoms with E-state index < -0.39 is 12.1 Å². The van der Waals surface area contributed by atoms with Gasteiger partial charge in [-0.3, -0.25) is 4.79 Å². The van der Waals surface area contributed by atoms with Crippen molar-refractivity contribution in [3.05, 3.63) is 59.7 Å². The molecule has 0 saturated carbocycles. The molecule has 122 valence electrons. The molecule has 0 fully saturated rings. The summed E-state index contributed by atoms with van der Waals surface area (Å²) in [6.45, 7) is 1.76.